The van der Waals surface area contributed by atoms with E-state index in [0.29, 0.717) is 0 Å². The molecule has 2 heterocycles. The van der Waals surface area contributed by atoms with E-state index >= 15 is 0 Å². The summed E-state index contributed by atoms with van der Waals surface area (Å²) in [6, 6.07) is 8.28. The summed E-state index contributed by atoms with van der Waals surface area (Å²) in [6.45, 7) is 9.80. The van der Waals surface area contributed by atoms with E-state index in [1.807, 2.05) is 19.2 Å². The highest BCUT2D eigenvalue weighted by Crippen LogP contribution is 2.33. The minimum Gasteiger partial charge on any atom is -0.496 e. The lowest BCUT2D eigenvalue weighted by Crippen LogP contribution is -2.45. The zero-order valence-electron chi connectivity index (χ0n) is 16.5. The van der Waals surface area contributed by atoms with E-state index in [1.165, 1.54) is 5.69 Å². The van der Waals surface area contributed by atoms with E-state index in [1.54, 1.807) is 7.11 Å². The molecule has 0 spiro atoms. The monoisotopic (exact) mass is 355 g/mol. The van der Waals surface area contributed by atoms with Crippen molar-refractivity contribution in [3.63, 3.8) is 0 Å². The summed E-state index contributed by atoms with van der Waals surface area (Å²) in [5.74, 6) is 1.91. The number of rotatable bonds is 6. The third kappa shape index (κ3) is 3.78. The first kappa shape index (κ1) is 18.5. The number of fused-ring (bicyclic) bond motifs is 1. The molecule has 0 amide bonds. The summed E-state index contributed by atoms with van der Waals surface area (Å²) >= 11 is 0. The number of para-hydroxylation sites is 2. The van der Waals surface area contributed by atoms with Crippen molar-refractivity contribution in [1.29, 1.82) is 0 Å². The van der Waals surface area contributed by atoms with Crippen molar-refractivity contribution >= 4 is 5.69 Å². The third-order valence-electron chi connectivity index (χ3n) is 4.99. The first-order valence-electron chi connectivity index (χ1n) is 9.21. The predicted molar refractivity (Wildman–Crippen MR) is 105 cm³/mol. The zero-order chi connectivity index (χ0) is 18.7. The molecule has 140 valence electrons. The standard InChI is InChI=1S/C21H29N3O2/c1-6-24-13-17(26-20-10-8-7-9-19(20)24)12-23(4)14-18-16(3)21(25-5)15(2)11-22-18/h7-11,17H,6,12-14H2,1-5H3. The molecular weight excluding hydrogens is 326 g/mol. The number of pyridine rings is 1. The summed E-state index contributed by atoms with van der Waals surface area (Å²) < 4.78 is 11.8. The van der Waals surface area contributed by atoms with Gasteiger partial charge in [-0.3, -0.25) is 9.88 Å². The minimum absolute atomic E-state index is 0.141. The number of ether oxygens (including phenoxy) is 2. The van der Waals surface area contributed by atoms with Gasteiger partial charge in [-0.25, -0.2) is 0 Å². The fraction of sp³-hybridized carbons (Fsp3) is 0.476. The van der Waals surface area contributed by atoms with Gasteiger partial charge < -0.3 is 14.4 Å². The highest BCUT2D eigenvalue weighted by molar-refractivity contribution is 5.60. The molecule has 5 nitrogen and oxygen atoms in total. The SMILES string of the molecule is CCN1CC(CN(C)Cc2ncc(C)c(OC)c2C)Oc2ccccc21. The van der Waals surface area contributed by atoms with Gasteiger partial charge in [-0.15, -0.1) is 0 Å². The Labute approximate surface area is 156 Å². The average Bonchev–Trinajstić information content (AvgIpc) is 2.64. The Morgan fingerprint density at radius 2 is 2.08 bits per heavy atom. The maximum absolute atomic E-state index is 6.24. The summed E-state index contributed by atoms with van der Waals surface area (Å²) in [6.07, 6.45) is 2.03. The molecule has 0 N–H and O–H groups in total. The van der Waals surface area contributed by atoms with Crippen LogP contribution in [0.3, 0.4) is 0 Å². The van der Waals surface area contributed by atoms with Crippen LogP contribution in [0.5, 0.6) is 11.5 Å². The molecule has 0 saturated heterocycles. The van der Waals surface area contributed by atoms with Gasteiger partial charge in [0.1, 0.15) is 17.6 Å². The largest absolute Gasteiger partial charge is 0.496 e. The number of hydrogen-bond acceptors (Lipinski definition) is 5. The van der Waals surface area contributed by atoms with Crippen LogP contribution in [-0.4, -0.2) is 49.8 Å². The van der Waals surface area contributed by atoms with E-state index in [-0.39, 0.29) is 6.10 Å². The van der Waals surface area contributed by atoms with E-state index in [4.69, 9.17) is 9.47 Å². The van der Waals surface area contributed by atoms with Crippen LogP contribution in [0.4, 0.5) is 5.69 Å². The van der Waals surface area contributed by atoms with E-state index in [9.17, 15) is 0 Å². The second kappa shape index (κ2) is 7.96. The number of nitrogens with zero attached hydrogens (tertiary/aromatic N) is 3. The first-order chi connectivity index (χ1) is 12.5. The van der Waals surface area contributed by atoms with Gasteiger partial charge in [0, 0.05) is 37.0 Å². The highest BCUT2D eigenvalue weighted by atomic mass is 16.5. The predicted octanol–water partition coefficient (Wildman–Crippen LogP) is 3.43. The quantitative estimate of drug-likeness (QED) is 0.794. The van der Waals surface area contributed by atoms with Crippen LogP contribution in [0.2, 0.25) is 0 Å². The fourth-order valence-corrected chi connectivity index (χ4v) is 3.67. The Kier molecular flexibility index (Phi) is 5.67. The molecule has 5 heteroatoms. The lowest BCUT2D eigenvalue weighted by molar-refractivity contribution is 0.139. The summed E-state index contributed by atoms with van der Waals surface area (Å²) in [4.78, 5) is 9.27. The first-order valence-corrected chi connectivity index (χ1v) is 9.21. The molecule has 1 unspecified atom stereocenters. The number of aryl methyl sites for hydroxylation is 1. The van der Waals surface area contributed by atoms with Gasteiger partial charge in [0.2, 0.25) is 0 Å². The van der Waals surface area contributed by atoms with Gasteiger partial charge in [0.15, 0.2) is 0 Å². The fourth-order valence-electron chi connectivity index (χ4n) is 3.67. The van der Waals surface area contributed by atoms with Crippen molar-refractivity contribution in [3.8, 4) is 11.5 Å². The molecule has 2 aromatic rings. The Hall–Kier alpha value is -2.27. The van der Waals surface area contributed by atoms with E-state index < -0.39 is 0 Å². The van der Waals surface area contributed by atoms with Crippen LogP contribution in [0.15, 0.2) is 30.5 Å². The molecule has 1 aromatic carbocycles. The van der Waals surface area contributed by atoms with Crippen molar-refractivity contribution in [2.75, 3.05) is 38.7 Å². The molecular formula is C21H29N3O2. The van der Waals surface area contributed by atoms with Gasteiger partial charge in [-0.1, -0.05) is 12.1 Å². The van der Waals surface area contributed by atoms with Gasteiger partial charge in [-0.2, -0.15) is 0 Å². The van der Waals surface area contributed by atoms with Crippen LogP contribution < -0.4 is 14.4 Å². The molecule has 0 saturated carbocycles. The van der Waals surface area contributed by atoms with Crippen molar-refractivity contribution < 1.29 is 9.47 Å². The Bertz CT molecular complexity index is 763. The molecule has 1 aliphatic rings. The molecule has 1 aliphatic heterocycles. The number of hydrogen-bond donors (Lipinski definition) is 0. The van der Waals surface area contributed by atoms with Crippen molar-refractivity contribution in [1.82, 2.24) is 9.88 Å². The molecule has 26 heavy (non-hydrogen) atoms. The molecule has 3 rings (SSSR count). The molecule has 0 radical (unpaired) electrons. The Morgan fingerprint density at radius 3 is 2.81 bits per heavy atom. The molecule has 0 bridgehead atoms. The van der Waals surface area contributed by atoms with Crippen LogP contribution in [0.1, 0.15) is 23.7 Å². The second-order valence-electron chi connectivity index (χ2n) is 6.99. The third-order valence-corrected chi connectivity index (χ3v) is 4.99. The normalized spacial score (nSPS) is 16.4. The van der Waals surface area contributed by atoms with Crippen LogP contribution in [-0.2, 0) is 6.54 Å². The summed E-state index contributed by atoms with van der Waals surface area (Å²) in [5, 5.41) is 0. The zero-order valence-corrected chi connectivity index (χ0v) is 16.5. The van der Waals surface area contributed by atoms with Crippen LogP contribution in [0.25, 0.3) is 0 Å². The summed E-state index contributed by atoms with van der Waals surface area (Å²) in [7, 11) is 3.84. The van der Waals surface area contributed by atoms with Gasteiger partial charge in [0.05, 0.1) is 25.0 Å². The topological polar surface area (TPSA) is 37.8 Å². The molecule has 0 aliphatic carbocycles. The number of benzene rings is 1. The lowest BCUT2D eigenvalue weighted by atomic mass is 10.1. The maximum atomic E-state index is 6.24. The van der Waals surface area contributed by atoms with Crippen molar-refractivity contribution in [2.45, 2.75) is 33.4 Å². The number of methoxy groups -OCH3 is 1. The van der Waals surface area contributed by atoms with Gasteiger partial charge >= 0.3 is 0 Å². The molecule has 1 atom stereocenters. The minimum atomic E-state index is 0.141. The number of aromatic nitrogens is 1. The highest BCUT2D eigenvalue weighted by Gasteiger charge is 2.25. The molecule has 0 fully saturated rings. The number of anilines is 1. The van der Waals surface area contributed by atoms with Crippen LogP contribution in [0, 0.1) is 13.8 Å². The number of likely N-dealkylation sites (N-methyl/N-ethyl adjacent to an activating group) is 2. The Balaban J connectivity index is 1.69. The Morgan fingerprint density at radius 1 is 1.31 bits per heavy atom. The van der Waals surface area contributed by atoms with Crippen molar-refractivity contribution in [2.24, 2.45) is 0 Å². The maximum Gasteiger partial charge on any atom is 0.143 e. The molecule has 1 aromatic heterocycles. The van der Waals surface area contributed by atoms with Crippen molar-refractivity contribution in [3.05, 3.63) is 47.3 Å². The smallest absolute Gasteiger partial charge is 0.143 e. The average molecular weight is 355 g/mol. The van der Waals surface area contributed by atoms with Gasteiger partial charge in [-0.05, 0) is 40.0 Å². The second-order valence-corrected chi connectivity index (χ2v) is 6.99. The van der Waals surface area contributed by atoms with E-state index in [0.717, 1.165) is 54.5 Å². The lowest BCUT2D eigenvalue weighted by Gasteiger charge is -2.37. The van der Waals surface area contributed by atoms with Crippen LogP contribution >= 0.6 is 0 Å². The van der Waals surface area contributed by atoms with E-state index in [2.05, 4.69) is 53.9 Å². The van der Waals surface area contributed by atoms with Gasteiger partial charge in [0.25, 0.3) is 0 Å². The summed E-state index contributed by atoms with van der Waals surface area (Å²) in [5.41, 5.74) is 4.43.